The maximum absolute atomic E-state index is 12.0. The Kier molecular flexibility index (Phi) is 4.57. The van der Waals surface area contributed by atoms with E-state index in [1.54, 1.807) is 0 Å². The van der Waals surface area contributed by atoms with Crippen molar-refractivity contribution in [2.75, 3.05) is 13.7 Å². The number of likely N-dealkylation sites (tertiary alicyclic amines) is 1. The fourth-order valence-electron chi connectivity index (χ4n) is 2.19. The predicted molar refractivity (Wildman–Crippen MR) is 69.8 cm³/mol. The fraction of sp³-hybridized carbons (Fsp3) is 0.429. The number of esters is 1. The fourth-order valence-corrected chi connectivity index (χ4v) is 2.19. The molecule has 1 N–H and O–H groups in total. The van der Waals surface area contributed by atoms with Crippen LogP contribution in [0.3, 0.4) is 0 Å². The number of methoxy groups -OCH3 is 1. The highest BCUT2D eigenvalue weighted by Gasteiger charge is 2.42. The van der Waals surface area contributed by atoms with E-state index in [9.17, 15) is 14.7 Å². The van der Waals surface area contributed by atoms with Gasteiger partial charge in [0.25, 0.3) is 0 Å². The van der Waals surface area contributed by atoms with E-state index in [1.807, 2.05) is 30.3 Å². The zero-order chi connectivity index (χ0) is 14.5. The highest BCUT2D eigenvalue weighted by molar-refractivity contribution is 5.82. The summed E-state index contributed by atoms with van der Waals surface area (Å²) in [4.78, 5) is 24.8. The molecule has 1 saturated heterocycles. The van der Waals surface area contributed by atoms with Gasteiger partial charge in [-0.2, -0.15) is 0 Å². The molecule has 1 amide bonds. The summed E-state index contributed by atoms with van der Waals surface area (Å²) >= 11 is 0. The smallest absolute Gasteiger partial charge is 0.410 e. The first-order chi connectivity index (χ1) is 9.63. The number of hydrogen-bond acceptors (Lipinski definition) is 5. The summed E-state index contributed by atoms with van der Waals surface area (Å²) in [6.45, 7) is 0.398. The highest BCUT2D eigenvalue weighted by Crippen LogP contribution is 2.20. The molecule has 0 saturated carbocycles. The molecule has 1 aromatic rings. The third-order valence-corrected chi connectivity index (χ3v) is 3.25. The molecule has 1 heterocycles. The molecule has 0 radical (unpaired) electrons. The zero-order valence-electron chi connectivity index (χ0n) is 11.2. The Morgan fingerprint density at radius 1 is 1.35 bits per heavy atom. The molecule has 1 fully saturated rings. The molecule has 6 heteroatoms. The van der Waals surface area contributed by atoms with Crippen molar-refractivity contribution in [2.45, 2.75) is 25.2 Å². The molecule has 0 bridgehead atoms. The van der Waals surface area contributed by atoms with Gasteiger partial charge in [-0.05, 0) is 12.0 Å². The Labute approximate surface area is 116 Å². The van der Waals surface area contributed by atoms with Crippen LogP contribution in [0.1, 0.15) is 12.0 Å². The molecule has 0 spiro atoms. The molecular weight excluding hydrogens is 262 g/mol. The second-order valence-corrected chi connectivity index (χ2v) is 4.56. The van der Waals surface area contributed by atoms with Crippen LogP contribution >= 0.6 is 0 Å². The minimum Gasteiger partial charge on any atom is -0.467 e. The molecule has 108 valence electrons. The monoisotopic (exact) mass is 279 g/mol. The lowest BCUT2D eigenvalue weighted by molar-refractivity contribution is -0.148. The number of aliphatic hydroxyl groups excluding tert-OH is 1. The van der Waals surface area contributed by atoms with Gasteiger partial charge >= 0.3 is 12.1 Å². The number of aliphatic hydroxyl groups is 1. The van der Waals surface area contributed by atoms with Gasteiger partial charge in [0.1, 0.15) is 6.61 Å². The third kappa shape index (κ3) is 3.08. The van der Waals surface area contributed by atoms with E-state index in [0.717, 1.165) is 5.56 Å². The van der Waals surface area contributed by atoms with E-state index >= 15 is 0 Å². The van der Waals surface area contributed by atoms with Crippen LogP contribution in [0.2, 0.25) is 0 Å². The molecule has 1 aliphatic rings. The number of nitrogens with zero attached hydrogens (tertiary/aromatic N) is 1. The third-order valence-electron chi connectivity index (χ3n) is 3.25. The second kappa shape index (κ2) is 6.38. The van der Waals surface area contributed by atoms with E-state index < -0.39 is 24.2 Å². The van der Waals surface area contributed by atoms with Crippen LogP contribution in [0.4, 0.5) is 4.79 Å². The van der Waals surface area contributed by atoms with Crippen molar-refractivity contribution in [1.82, 2.24) is 4.90 Å². The summed E-state index contributed by atoms with van der Waals surface area (Å²) in [5.74, 6) is -0.633. The lowest BCUT2D eigenvalue weighted by Gasteiger charge is -2.23. The topological polar surface area (TPSA) is 76.1 Å². The van der Waals surface area contributed by atoms with E-state index in [2.05, 4.69) is 4.74 Å². The van der Waals surface area contributed by atoms with Crippen molar-refractivity contribution in [3.8, 4) is 0 Å². The highest BCUT2D eigenvalue weighted by atomic mass is 16.6. The summed E-state index contributed by atoms with van der Waals surface area (Å²) in [5, 5.41) is 9.74. The van der Waals surface area contributed by atoms with Crippen LogP contribution in [0.15, 0.2) is 30.3 Å². The van der Waals surface area contributed by atoms with E-state index in [0.29, 0.717) is 6.42 Å². The molecule has 2 rings (SSSR count). The van der Waals surface area contributed by atoms with Crippen LogP contribution in [0, 0.1) is 0 Å². The maximum atomic E-state index is 12.0. The standard InChI is InChI=1S/C14H17NO5/c1-19-13(17)12-11(16)7-8-15(12)14(18)20-9-10-5-3-2-4-6-10/h2-6,11-12,16H,7-9H2,1H3/t11-,12?/m1/s1. The van der Waals surface area contributed by atoms with Gasteiger partial charge in [-0.3, -0.25) is 4.90 Å². The zero-order valence-corrected chi connectivity index (χ0v) is 11.2. The number of rotatable bonds is 3. The molecule has 0 aromatic heterocycles. The van der Waals surface area contributed by atoms with Crippen LogP contribution in [0.25, 0.3) is 0 Å². The average Bonchev–Trinajstić information content (AvgIpc) is 2.87. The normalized spacial score (nSPS) is 21.6. The van der Waals surface area contributed by atoms with Gasteiger partial charge in [0.05, 0.1) is 13.2 Å². The molecular formula is C14H17NO5. The molecule has 20 heavy (non-hydrogen) atoms. The molecule has 2 atom stereocenters. The number of hydrogen-bond donors (Lipinski definition) is 1. The summed E-state index contributed by atoms with van der Waals surface area (Å²) in [7, 11) is 1.22. The van der Waals surface area contributed by atoms with Crippen molar-refractivity contribution in [1.29, 1.82) is 0 Å². The van der Waals surface area contributed by atoms with E-state index in [1.165, 1.54) is 12.0 Å². The number of ether oxygens (including phenoxy) is 2. The predicted octanol–water partition coefficient (Wildman–Crippen LogP) is 0.931. The first-order valence-electron chi connectivity index (χ1n) is 6.36. The minimum absolute atomic E-state index is 0.125. The second-order valence-electron chi connectivity index (χ2n) is 4.56. The first kappa shape index (κ1) is 14.3. The molecule has 0 aliphatic carbocycles. The van der Waals surface area contributed by atoms with Gasteiger partial charge in [-0.25, -0.2) is 9.59 Å². The minimum atomic E-state index is -0.983. The Balaban J connectivity index is 1.96. The number of amides is 1. The first-order valence-corrected chi connectivity index (χ1v) is 6.36. The SMILES string of the molecule is COC(=O)C1[C@H](O)CCN1C(=O)OCc1ccccc1. The van der Waals surface area contributed by atoms with Crippen molar-refractivity contribution in [2.24, 2.45) is 0 Å². The summed E-state index contributed by atoms with van der Waals surface area (Å²) < 4.78 is 9.75. The van der Waals surface area contributed by atoms with Gasteiger partial charge in [0.2, 0.25) is 0 Å². The molecule has 1 unspecified atom stereocenters. The number of benzene rings is 1. The van der Waals surface area contributed by atoms with Crippen molar-refractivity contribution >= 4 is 12.1 Å². The molecule has 6 nitrogen and oxygen atoms in total. The Hall–Kier alpha value is -2.08. The van der Waals surface area contributed by atoms with Crippen LogP contribution in [-0.4, -0.2) is 47.9 Å². The van der Waals surface area contributed by atoms with Gasteiger partial charge < -0.3 is 14.6 Å². The van der Waals surface area contributed by atoms with Gasteiger partial charge in [-0.1, -0.05) is 30.3 Å². The quantitative estimate of drug-likeness (QED) is 0.833. The van der Waals surface area contributed by atoms with Crippen LogP contribution < -0.4 is 0 Å². The van der Waals surface area contributed by atoms with Crippen molar-refractivity contribution in [3.63, 3.8) is 0 Å². The van der Waals surface area contributed by atoms with Crippen LogP contribution in [-0.2, 0) is 20.9 Å². The number of carbonyl (C=O) groups is 2. The van der Waals surface area contributed by atoms with Crippen molar-refractivity contribution in [3.05, 3.63) is 35.9 Å². The summed E-state index contributed by atoms with van der Waals surface area (Å²) in [5.41, 5.74) is 0.857. The van der Waals surface area contributed by atoms with Gasteiger partial charge in [-0.15, -0.1) is 0 Å². The summed E-state index contributed by atoms with van der Waals surface area (Å²) in [6, 6.07) is 8.26. The summed E-state index contributed by atoms with van der Waals surface area (Å²) in [6.07, 6.45) is -1.20. The lowest BCUT2D eigenvalue weighted by Crippen LogP contribution is -2.45. The van der Waals surface area contributed by atoms with Gasteiger partial charge in [0, 0.05) is 6.54 Å². The van der Waals surface area contributed by atoms with Gasteiger partial charge in [0.15, 0.2) is 6.04 Å². The largest absolute Gasteiger partial charge is 0.467 e. The molecule has 1 aromatic carbocycles. The Morgan fingerprint density at radius 2 is 2.05 bits per heavy atom. The average molecular weight is 279 g/mol. The number of carbonyl (C=O) groups excluding carboxylic acids is 2. The Morgan fingerprint density at radius 3 is 2.70 bits per heavy atom. The molecule has 1 aliphatic heterocycles. The van der Waals surface area contributed by atoms with Crippen molar-refractivity contribution < 1.29 is 24.2 Å². The van der Waals surface area contributed by atoms with E-state index in [4.69, 9.17) is 4.74 Å². The van der Waals surface area contributed by atoms with E-state index in [-0.39, 0.29) is 13.2 Å². The maximum Gasteiger partial charge on any atom is 0.410 e. The lowest BCUT2D eigenvalue weighted by atomic mass is 10.2. The Bertz CT molecular complexity index is 476. The van der Waals surface area contributed by atoms with Crippen LogP contribution in [0.5, 0.6) is 0 Å².